The van der Waals surface area contributed by atoms with E-state index in [4.69, 9.17) is 4.74 Å². The minimum Gasteiger partial charge on any atom is -0.380 e. The topological polar surface area (TPSA) is 46.2 Å². The third-order valence-corrected chi connectivity index (χ3v) is 2.30. The number of ether oxygens (including phenoxy) is 1. The van der Waals surface area contributed by atoms with Gasteiger partial charge in [-0.15, -0.1) is 0 Å². The molecule has 0 saturated carbocycles. The normalized spacial score (nSPS) is 10.2. The van der Waals surface area contributed by atoms with Crippen molar-refractivity contribution in [3.63, 3.8) is 0 Å². The lowest BCUT2D eigenvalue weighted by Gasteiger charge is -2.08. The predicted molar refractivity (Wildman–Crippen MR) is 72.6 cm³/mol. The number of hydrogen-bond acceptors (Lipinski definition) is 4. The molecule has 17 heavy (non-hydrogen) atoms. The van der Waals surface area contributed by atoms with Gasteiger partial charge in [-0.25, -0.2) is 4.98 Å². The fraction of sp³-hybridized carbons (Fsp3) is 0.615. The van der Waals surface area contributed by atoms with E-state index in [2.05, 4.69) is 29.5 Å². The highest BCUT2D eigenvalue weighted by molar-refractivity contribution is 5.44. The maximum Gasteiger partial charge on any atom is 0.128 e. The highest BCUT2D eigenvalue weighted by Gasteiger charge is 1.95. The van der Waals surface area contributed by atoms with Gasteiger partial charge in [-0.3, -0.25) is 0 Å². The molecular formula is C13H23N3O. The summed E-state index contributed by atoms with van der Waals surface area (Å²) in [5.74, 6) is 1.80. The lowest BCUT2D eigenvalue weighted by Crippen LogP contribution is -2.11. The van der Waals surface area contributed by atoms with Crippen molar-refractivity contribution in [3.8, 4) is 0 Å². The highest BCUT2D eigenvalue weighted by atomic mass is 16.5. The molecule has 2 N–H and O–H groups in total. The fourth-order valence-corrected chi connectivity index (χ4v) is 1.41. The Bertz CT molecular complexity index is 304. The largest absolute Gasteiger partial charge is 0.380 e. The molecule has 0 atom stereocenters. The number of aromatic nitrogens is 1. The minimum atomic E-state index is 0.729. The molecule has 0 aliphatic carbocycles. The molecule has 0 amide bonds. The molecule has 1 aromatic heterocycles. The Kier molecular flexibility index (Phi) is 7.14. The predicted octanol–water partition coefficient (Wildman–Crippen LogP) is 2.74. The number of unbranched alkanes of at least 4 members (excludes halogenated alkanes) is 1. The minimum absolute atomic E-state index is 0.729. The fourth-order valence-electron chi connectivity index (χ4n) is 1.41. The molecule has 0 spiro atoms. The number of nitrogens with zero attached hydrogens (tertiary/aromatic N) is 1. The summed E-state index contributed by atoms with van der Waals surface area (Å²) in [5.41, 5.74) is 0. The molecule has 0 aliphatic rings. The summed E-state index contributed by atoms with van der Waals surface area (Å²) in [6.45, 7) is 7.49. The van der Waals surface area contributed by atoms with E-state index in [-0.39, 0.29) is 0 Å². The van der Waals surface area contributed by atoms with E-state index < -0.39 is 0 Å². The van der Waals surface area contributed by atoms with Gasteiger partial charge in [0.1, 0.15) is 11.6 Å². The number of pyridine rings is 1. The van der Waals surface area contributed by atoms with Crippen LogP contribution in [0, 0.1) is 0 Å². The van der Waals surface area contributed by atoms with Crippen LogP contribution in [0.25, 0.3) is 0 Å². The first-order chi connectivity index (χ1) is 8.36. The quantitative estimate of drug-likeness (QED) is 0.648. The highest BCUT2D eigenvalue weighted by Crippen LogP contribution is 2.08. The molecule has 0 bridgehead atoms. The Morgan fingerprint density at radius 3 is 2.59 bits per heavy atom. The van der Waals surface area contributed by atoms with E-state index in [1.807, 2.05) is 18.2 Å². The van der Waals surface area contributed by atoms with Gasteiger partial charge >= 0.3 is 0 Å². The molecule has 0 unspecified atom stereocenters. The molecular weight excluding hydrogens is 214 g/mol. The standard InChI is InChI=1S/C13H23N3O/c1-3-5-10-17-11-9-15-13-8-6-7-12(16-13)14-4-2/h6-8H,3-5,9-11H2,1-2H3,(H2,14,15,16). The van der Waals surface area contributed by atoms with Crippen molar-refractivity contribution in [2.24, 2.45) is 0 Å². The molecule has 96 valence electrons. The molecule has 0 fully saturated rings. The van der Waals surface area contributed by atoms with E-state index in [1.165, 1.54) is 6.42 Å². The van der Waals surface area contributed by atoms with Crippen LogP contribution in [-0.2, 0) is 4.74 Å². The number of anilines is 2. The van der Waals surface area contributed by atoms with Crippen LogP contribution in [0.2, 0.25) is 0 Å². The Hall–Kier alpha value is -1.29. The molecule has 4 nitrogen and oxygen atoms in total. The zero-order chi connectivity index (χ0) is 12.3. The van der Waals surface area contributed by atoms with Crippen LogP contribution in [-0.4, -0.2) is 31.3 Å². The lowest BCUT2D eigenvalue weighted by atomic mass is 10.4. The average Bonchev–Trinajstić information content (AvgIpc) is 2.35. The van der Waals surface area contributed by atoms with Crippen LogP contribution >= 0.6 is 0 Å². The van der Waals surface area contributed by atoms with Crippen LogP contribution in [0.15, 0.2) is 18.2 Å². The molecule has 0 radical (unpaired) electrons. The summed E-state index contributed by atoms with van der Waals surface area (Å²) in [4.78, 5) is 4.42. The third-order valence-electron chi connectivity index (χ3n) is 2.30. The number of hydrogen-bond donors (Lipinski definition) is 2. The van der Waals surface area contributed by atoms with Gasteiger partial charge < -0.3 is 15.4 Å². The van der Waals surface area contributed by atoms with E-state index >= 15 is 0 Å². The van der Waals surface area contributed by atoms with Gasteiger partial charge in [0.05, 0.1) is 6.61 Å². The van der Waals surface area contributed by atoms with Gasteiger partial charge in [-0.2, -0.15) is 0 Å². The van der Waals surface area contributed by atoms with Crippen molar-refractivity contribution in [2.75, 3.05) is 36.9 Å². The summed E-state index contributed by atoms with van der Waals surface area (Å²) < 4.78 is 5.47. The first-order valence-corrected chi connectivity index (χ1v) is 6.39. The van der Waals surface area contributed by atoms with Crippen molar-refractivity contribution >= 4 is 11.6 Å². The Labute approximate surface area is 104 Å². The first kappa shape index (κ1) is 13.8. The van der Waals surface area contributed by atoms with Gasteiger partial charge in [-0.1, -0.05) is 19.4 Å². The molecule has 0 aliphatic heterocycles. The monoisotopic (exact) mass is 237 g/mol. The van der Waals surface area contributed by atoms with E-state index in [1.54, 1.807) is 0 Å². The summed E-state index contributed by atoms with van der Waals surface area (Å²) in [7, 11) is 0. The summed E-state index contributed by atoms with van der Waals surface area (Å²) in [6, 6.07) is 5.92. The van der Waals surface area contributed by atoms with Crippen LogP contribution < -0.4 is 10.6 Å². The summed E-state index contributed by atoms with van der Waals surface area (Å²) in [5, 5.41) is 6.43. The third kappa shape index (κ3) is 6.12. The number of rotatable bonds is 9. The van der Waals surface area contributed by atoms with E-state index in [9.17, 15) is 0 Å². The lowest BCUT2D eigenvalue weighted by molar-refractivity contribution is 0.141. The van der Waals surface area contributed by atoms with Crippen LogP contribution in [0.3, 0.4) is 0 Å². The van der Waals surface area contributed by atoms with Crippen molar-refractivity contribution < 1.29 is 4.74 Å². The van der Waals surface area contributed by atoms with E-state index in [0.717, 1.165) is 44.4 Å². The first-order valence-electron chi connectivity index (χ1n) is 6.39. The van der Waals surface area contributed by atoms with Crippen LogP contribution in [0.1, 0.15) is 26.7 Å². The van der Waals surface area contributed by atoms with Gasteiger partial charge in [0.15, 0.2) is 0 Å². The summed E-state index contributed by atoms with van der Waals surface area (Å²) >= 11 is 0. The van der Waals surface area contributed by atoms with Crippen molar-refractivity contribution in [2.45, 2.75) is 26.7 Å². The smallest absolute Gasteiger partial charge is 0.128 e. The molecule has 0 aromatic carbocycles. The molecule has 0 saturated heterocycles. The SMILES string of the molecule is CCCCOCCNc1cccc(NCC)n1. The van der Waals surface area contributed by atoms with E-state index in [0.29, 0.717) is 0 Å². The maximum absolute atomic E-state index is 5.47. The maximum atomic E-state index is 5.47. The average molecular weight is 237 g/mol. The van der Waals surface area contributed by atoms with Gasteiger partial charge in [0.25, 0.3) is 0 Å². The number of nitrogens with one attached hydrogen (secondary N) is 2. The zero-order valence-electron chi connectivity index (χ0n) is 10.8. The van der Waals surface area contributed by atoms with Gasteiger partial charge in [0, 0.05) is 19.7 Å². The van der Waals surface area contributed by atoms with Crippen LogP contribution in [0.4, 0.5) is 11.6 Å². The van der Waals surface area contributed by atoms with Crippen molar-refractivity contribution in [1.82, 2.24) is 4.98 Å². The Morgan fingerprint density at radius 1 is 1.12 bits per heavy atom. The molecule has 1 rings (SSSR count). The Balaban J connectivity index is 2.19. The van der Waals surface area contributed by atoms with Crippen LogP contribution in [0.5, 0.6) is 0 Å². The molecule has 1 aromatic rings. The van der Waals surface area contributed by atoms with Crippen molar-refractivity contribution in [3.05, 3.63) is 18.2 Å². The second-order valence-electron chi connectivity index (χ2n) is 3.83. The van der Waals surface area contributed by atoms with Gasteiger partial charge in [0.2, 0.25) is 0 Å². The Morgan fingerprint density at radius 2 is 1.88 bits per heavy atom. The zero-order valence-corrected chi connectivity index (χ0v) is 10.8. The van der Waals surface area contributed by atoms with Crippen molar-refractivity contribution in [1.29, 1.82) is 0 Å². The second-order valence-corrected chi connectivity index (χ2v) is 3.83. The molecule has 4 heteroatoms. The van der Waals surface area contributed by atoms with Gasteiger partial charge in [-0.05, 0) is 25.5 Å². The summed E-state index contributed by atoms with van der Waals surface area (Å²) in [6.07, 6.45) is 2.31. The molecule has 1 heterocycles. The second kappa shape index (κ2) is 8.82.